The molecule has 108 valence electrons. The number of hydrogen-bond acceptors (Lipinski definition) is 5. The number of nitrogens with zero attached hydrogens (tertiary/aromatic N) is 1. The van der Waals surface area contributed by atoms with Crippen molar-refractivity contribution in [3.63, 3.8) is 0 Å². The third-order valence-electron chi connectivity index (χ3n) is 3.05. The SMILES string of the molecule is CN(C)c1ccc(C(=O)c2ccccc2O)c(OC=O)c1. The van der Waals surface area contributed by atoms with Crippen molar-refractivity contribution in [3.8, 4) is 11.5 Å². The summed E-state index contributed by atoms with van der Waals surface area (Å²) in [6, 6.07) is 11.1. The van der Waals surface area contributed by atoms with Gasteiger partial charge in [-0.1, -0.05) is 12.1 Å². The Bertz CT molecular complexity index is 680. The van der Waals surface area contributed by atoms with E-state index in [2.05, 4.69) is 0 Å². The first-order chi connectivity index (χ1) is 10.0. The molecule has 0 heterocycles. The van der Waals surface area contributed by atoms with E-state index in [1.807, 2.05) is 19.0 Å². The lowest BCUT2D eigenvalue weighted by molar-refractivity contribution is -0.120. The summed E-state index contributed by atoms with van der Waals surface area (Å²) in [5.41, 5.74) is 1.17. The highest BCUT2D eigenvalue weighted by atomic mass is 16.5. The summed E-state index contributed by atoms with van der Waals surface area (Å²) in [6.07, 6.45) is 0. The predicted molar refractivity (Wildman–Crippen MR) is 79.0 cm³/mol. The molecule has 0 atom stereocenters. The highest BCUT2D eigenvalue weighted by molar-refractivity contribution is 6.12. The van der Waals surface area contributed by atoms with Gasteiger partial charge in [0.1, 0.15) is 11.5 Å². The number of carbonyl (C=O) groups is 2. The van der Waals surface area contributed by atoms with Gasteiger partial charge in [-0.15, -0.1) is 0 Å². The van der Waals surface area contributed by atoms with Gasteiger partial charge in [0, 0.05) is 25.8 Å². The largest absolute Gasteiger partial charge is 0.507 e. The van der Waals surface area contributed by atoms with Crippen molar-refractivity contribution in [2.24, 2.45) is 0 Å². The molecule has 2 aromatic rings. The molecule has 0 aliphatic rings. The molecule has 0 aromatic heterocycles. The molecule has 2 aromatic carbocycles. The van der Waals surface area contributed by atoms with Gasteiger partial charge < -0.3 is 14.7 Å². The zero-order valence-corrected chi connectivity index (χ0v) is 11.7. The van der Waals surface area contributed by atoms with E-state index in [0.29, 0.717) is 0 Å². The summed E-state index contributed by atoms with van der Waals surface area (Å²) >= 11 is 0. The zero-order valence-electron chi connectivity index (χ0n) is 11.7. The van der Waals surface area contributed by atoms with Crippen LogP contribution in [0.5, 0.6) is 11.5 Å². The van der Waals surface area contributed by atoms with Gasteiger partial charge in [-0.05, 0) is 24.3 Å². The fourth-order valence-corrected chi connectivity index (χ4v) is 1.94. The van der Waals surface area contributed by atoms with Crippen LogP contribution in [0, 0.1) is 0 Å². The summed E-state index contributed by atoms with van der Waals surface area (Å²) in [5, 5.41) is 9.77. The number of benzene rings is 2. The predicted octanol–water partition coefficient (Wildman–Crippen LogP) is 2.22. The molecule has 0 radical (unpaired) electrons. The third-order valence-corrected chi connectivity index (χ3v) is 3.05. The molecule has 0 amide bonds. The second-order valence-electron chi connectivity index (χ2n) is 4.64. The van der Waals surface area contributed by atoms with E-state index in [0.717, 1.165) is 5.69 Å². The van der Waals surface area contributed by atoms with E-state index in [1.54, 1.807) is 30.3 Å². The molecule has 0 saturated carbocycles. The van der Waals surface area contributed by atoms with E-state index < -0.39 is 5.78 Å². The van der Waals surface area contributed by atoms with Crippen LogP contribution in [0.2, 0.25) is 0 Å². The number of para-hydroxylation sites is 1. The molecule has 2 rings (SSSR count). The number of carbonyl (C=O) groups excluding carboxylic acids is 2. The first-order valence-electron chi connectivity index (χ1n) is 6.29. The summed E-state index contributed by atoms with van der Waals surface area (Å²) in [4.78, 5) is 24.9. The van der Waals surface area contributed by atoms with Gasteiger partial charge in [0.05, 0.1) is 11.1 Å². The van der Waals surface area contributed by atoms with Crippen LogP contribution in [-0.4, -0.2) is 31.5 Å². The van der Waals surface area contributed by atoms with Gasteiger partial charge in [0.15, 0.2) is 5.78 Å². The van der Waals surface area contributed by atoms with Crippen molar-refractivity contribution in [1.82, 2.24) is 0 Å². The molecule has 5 heteroatoms. The first kappa shape index (κ1) is 14.6. The minimum Gasteiger partial charge on any atom is -0.507 e. The lowest BCUT2D eigenvalue weighted by Crippen LogP contribution is -2.11. The van der Waals surface area contributed by atoms with Gasteiger partial charge in [0.25, 0.3) is 6.47 Å². The summed E-state index contributed by atoms with van der Waals surface area (Å²) in [7, 11) is 3.68. The summed E-state index contributed by atoms with van der Waals surface area (Å²) < 4.78 is 4.90. The highest BCUT2D eigenvalue weighted by Gasteiger charge is 2.18. The smallest absolute Gasteiger partial charge is 0.298 e. The lowest BCUT2D eigenvalue weighted by atomic mass is 10.0. The molecular weight excluding hydrogens is 270 g/mol. The summed E-state index contributed by atoms with van der Waals surface area (Å²) in [5.74, 6) is -0.365. The van der Waals surface area contributed by atoms with Crippen LogP contribution < -0.4 is 9.64 Å². The second-order valence-corrected chi connectivity index (χ2v) is 4.64. The van der Waals surface area contributed by atoms with E-state index >= 15 is 0 Å². The van der Waals surface area contributed by atoms with Crippen LogP contribution in [0.25, 0.3) is 0 Å². The topological polar surface area (TPSA) is 66.8 Å². The molecule has 0 saturated heterocycles. The Hall–Kier alpha value is -2.82. The molecule has 0 spiro atoms. The van der Waals surface area contributed by atoms with Crippen molar-refractivity contribution in [1.29, 1.82) is 0 Å². The molecule has 0 bridgehead atoms. The Kier molecular flexibility index (Phi) is 4.23. The number of anilines is 1. The number of ketones is 1. The van der Waals surface area contributed by atoms with Crippen LogP contribution in [0.15, 0.2) is 42.5 Å². The van der Waals surface area contributed by atoms with Crippen LogP contribution in [0.4, 0.5) is 5.69 Å². The normalized spacial score (nSPS) is 10.0. The minimum absolute atomic E-state index is 0.115. The maximum Gasteiger partial charge on any atom is 0.298 e. The van der Waals surface area contributed by atoms with Crippen LogP contribution in [0.3, 0.4) is 0 Å². The van der Waals surface area contributed by atoms with Crippen LogP contribution >= 0.6 is 0 Å². The Morgan fingerprint density at radius 2 is 1.86 bits per heavy atom. The third kappa shape index (κ3) is 3.02. The molecular formula is C16H15NO4. The molecule has 0 fully saturated rings. The van der Waals surface area contributed by atoms with Crippen LogP contribution in [0.1, 0.15) is 15.9 Å². The van der Waals surface area contributed by atoms with E-state index in [1.165, 1.54) is 12.1 Å². The Morgan fingerprint density at radius 3 is 2.48 bits per heavy atom. The molecule has 0 aliphatic heterocycles. The first-order valence-corrected chi connectivity index (χ1v) is 6.29. The number of ether oxygens (including phenoxy) is 1. The maximum absolute atomic E-state index is 12.5. The van der Waals surface area contributed by atoms with Crippen LogP contribution in [-0.2, 0) is 4.79 Å². The zero-order chi connectivity index (χ0) is 15.4. The van der Waals surface area contributed by atoms with Crippen molar-refractivity contribution >= 4 is 17.9 Å². The monoisotopic (exact) mass is 285 g/mol. The van der Waals surface area contributed by atoms with E-state index in [4.69, 9.17) is 4.74 Å². The van der Waals surface area contributed by atoms with Crippen molar-refractivity contribution in [2.45, 2.75) is 0 Å². The van der Waals surface area contributed by atoms with E-state index in [-0.39, 0.29) is 29.1 Å². The molecule has 0 unspecified atom stereocenters. The number of rotatable bonds is 5. The fourth-order valence-electron chi connectivity index (χ4n) is 1.94. The Labute approximate surface area is 122 Å². The van der Waals surface area contributed by atoms with Gasteiger partial charge in [-0.25, -0.2) is 0 Å². The number of phenolic OH excluding ortho intramolecular Hbond substituents is 1. The van der Waals surface area contributed by atoms with Crippen molar-refractivity contribution in [2.75, 3.05) is 19.0 Å². The Balaban J connectivity index is 2.50. The minimum atomic E-state index is -0.407. The quantitative estimate of drug-likeness (QED) is 0.674. The average molecular weight is 285 g/mol. The van der Waals surface area contributed by atoms with Crippen molar-refractivity contribution < 1.29 is 19.4 Å². The average Bonchev–Trinajstić information content (AvgIpc) is 2.47. The van der Waals surface area contributed by atoms with Gasteiger partial charge in [-0.3, -0.25) is 9.59 Å². The lowest BCUT2D eigenvalue weighted by Gasteiger charge is -2.15. The molecule has 1 N–H and O–H groups in total. The number of aromatic hydroxyl groups is 1. The second kappa shape index (κ2) is 6.09. The van der Waals surface area contributed by atoms with Gasteiger partial charge in [0.2, 0.25) is 0 Å². The fraction of sp³-hybridized carbons (Fsp3) is 0.125. The number of hydrogen-bond donors (Lipinski definition) is 1. The van der Waals surface area contributed by atoms with Gasteiger partial charge >= 0.3 is 0 Å². The number of phenols is 1. The molecule has 5 nitrogen and oxygen atoms in total. The maximum atomic E-state index is 12.5. The van der Waals surface area contributed by atoms with E-state index in [9.17, 15) is 14.7 Å². The summed E-state index contributed by atoms with van der Waals surface area (Å²) in [6.45, 7) is 0.274. The molecule has 0 aliphatic carbocycles. The van der Waals surface area contributed by atoms with Crippen molar-refractivity contribution in [3.05, 3.63) is 53.6 Å². The highest BCUT2D eigenvalue weighted by Crippen LogP contribution is 2.29. The van der Waals surface area contributed by atoms with Gasteiger partial charge in [-0.2, -0.15) is 0 Å². The standard InChI is InChI=1S/C16H15NO4/c1-17(2)11-7-8-13(15(9-11)21-10-18)16(20)12-5-3-4-6-14(12)19/h3-10,19H,1-2H3. The molecule has 21 heavy (non-hydrogen) atoms. The Morgan fingerprint density at radius 1 is 1.14 bits per heavy atom.